The number of methoxy groups -OCH3 is 1. The smallest absolute Gasteiger partial charge is 0.253 e. The van der Waals surface area contributed by atoms with Crippen LogP contribution in [0.5, 0.6) is 5.88 Å². The highest BCUT2D eigenvalue weighted by Gasteiger charge is 2.15. The van der Waals surface area contributed by atoms with Crippen LogP contribution < -0.4 is 15.4 Å². The van der Waals surface area contributed by atoms with E-state index in [-0.39, 0.29) is 23.4 Å². The van der Waals surface area contributed by atoms with Gasteiger partial charge in [-0.25, -0.2) is 4.98 Å². The van der Waals surface area contributed by atoms with Crippen LogP contribution in [0.25, 0.3) is 11.1 Å². The first-order valence-electron chi connectivity index (χ1n) is 9.85. The average Bonchev–Trinajstić information content (AvgIpc) is 2.77. The Morgan fingerprint density at radius 3 is 2.32 bits per heavy atom. The van der Waals surface area contributed by atoms with Crippen LogP contribution in [0.15, 0.2) is 60.8 Å². The van der Waals surface area contributed by atoms with E-state index < -0.39 is 0 Å². The van der Waals surface area contributed by atoms with Crippen molar-refractivity contribution in [2.24, 2.45) is 0 Å². The molecule has 0 fully saturated rings. The van der Waals surface area contributed by atoms with Gasteiger partial charge in [-0.1, -0.05) is 35.9 Å². The highest BCUT2D eigenvalue weighted by molar-refractivity contribution is 6.34. The van der Waals surface area contributed by atoms with Crippen LogP contribution >= 0.6 is 11.6 Å². The van der Waals surface area contributed by atoms with Crippen molar-refractivity contribution in [3.8, 4) is 17.0 Å². The van der Waals surface area contributed by atoms with E-state index in [2.05, 4.69) is 15.6 Å². The summed E-state index contributed by atoms with van der Waals surface area (Å²) < 4.78 is 5.08. The molecule has 0 atom stereocenters. The summed E-state index contributed by atoms with van der Waals surface area (Å²) in [4.78, 5) is 29.1. The minimum absolute atomic E-state index is 0.00266. The molecule has 0 aliphatic carbocycles. The van der Waals surface area contributed by atoms with Crippen molar-refractivity contribution in [1.82, 2.24) is 15.6 Å². The molecule has 2 N–H and O–H groups in total. The molecule has 0 saturated heterocycles. The van der Waals surface area contributed by atoms with Gasteiger partial charge in [0.05, 0.1) is 17.7 Å². The van der Waals surface area contributed by atoms with E-state index in [0.29, 0.717) is 23.0 Å². The van der Waals surface area contributed by atoms with Crippen molar-refractivity contribution in [3.05, 3.63) is 82.5 Å². The van der Waals surface area contributed by atoms with Gasteiger partial charge < -0.3 is 15.4 Å². The monoisotopic (exact) mass is 437 g/mol. The number of benzene rings is 2. The normalized spacial score (nSPS) is 10.6. The molecule has 6 nitrogen and oxygen atoms in total. The summed E-state index contributed by atoms with van der Waals surface area (Å²) in [6.45, 7) is 4.08. The number of nitrogens with zero attached hydrogens (tertiary/aromatic N) is 1. The predicted octanol–water partition coefficient (Wildman–Crippen LogP) is 4.48. The van der Waals surface area contributed by atoms with Crippen LogP contribution in [0.2, 0.25) is 5.02 Å². The van der Waals surface area contributed by atoms with Crippen molar-refractivity contribution in [2.45, 2.75) is 26.4 Å². The van der Waals surface area contributed by atoms with E-state index in [9.17, 15) is 9.59 Å². The number of rotatable bonds is 7. The summed E-state index contributed by atoms with van der Waals surface area (Å²) in [5.41, 5.74) is 3.57. The van der Waals surface area contributed by atoms with Gasteiger partial charge in [-0.15, -0.1) is 0 Å². The fourth-order valence-electron chi connectivity index (χ4n) is 2.95. The minimum atomic E-state index is -0.340. The number of aromatic nitrogens is 1. The lowest BCUT2D eigenvalue weighted by Gasteiger charge is -2.11. The Morgan fingerprint density at radius 2 is 1.71 bits per heavy atom. The van der Waals surface area contributed by atoms with Crippen molar-refractivity contribution in [3.63, 3.8) is 0 Å². The molecule has 0 aliphatic heterocycles. The van der Waals surface area contributed by atoms with E-state index in [4.69, 9.17) is 16.3 Å². The summed E-state index contributed by atoms with van der Waals surface area (Å²) in [5, 5.41) is 5.95. The molecule has 0 aliphatic rings. The molecule has 160 valence electrons. The average molecular weight is 438 g/mol. The Labute approximate surface area is 186 Å². The van der Waals surface area contributed by atoms with Crippen molar-refractivity contribution >= 4 is 23.4 Å². The van der Waals surface area contributed by atoms with E-state index in [1.54, 1.807) is 25.4 Å². The maximum atomic E-state index is 12.6. The predicted molar refractivity (Wildman–Crippen MR) is 121 cm³/mol. The maximum absolute atomic E-state index is 12.6. The molecule has 3 aromatic rings. The van der Waals surface area contributed by atoms with Gasteiger partial charge in [0.15, 0.2) is 0 Å². The molecule has 0 unspecified atom stereocenters. The molecule has 0 spiro atoms. The second-order valence-corrected chi connectivity index (χ2v) is 7.70. The zero-order valence-corrected chi connectivity index (χ0v) is 18.4. The first-order chi connectivity index (χ1) is 14.9. The van der Waals surface area contributed by atoms with Crippen LogP contribution in [-0.4, -0.2) is 29.9 Å². The molecule has 7 heteroatoms. The van der Waals surface area contributed by atoms with Crippen LogP contribution in [0.3, 0.4) is 0 Å². The molecule has 0 bridgehead atoms. The van der Waals surface area contributed by atoms with Crippen molar-refractivity contribution < 1.29 is 14.3 Å². The van der Waals surface area contributed by atoms with Crippen LogP contribution in [0.4, 0.5) is 0 Å². The van der Waals surface area contributed by atoms with E-state index in [0.717, 1.165) is 16.7 Å². The van der Waals surface area contributed by atoms with Crippen LogP contribution in [0, 0.1) is 0 Å². The molecule has 2 aromatic carbocycles. The Balaban J connectivity index is 1.65. The highest BCUT2D eigenvalue weighted by atomic mass is 35.5. The van der Waals surface area contributed by atoms with E-state index in [1.807, 2.05) is 50.2 Å². The Kier molecular flexibility index (Phi) is 7.26. The summed E-state index contributed by atoms with van der Waals surface area (Å²) in [6, 6.07) is 16.2. The number of ether oxygens (including phenoxy) is 1. The molecular weight excluding hydrogens is 414 g/mol. The topological polar surface area (TPSA) is 80.3 Å². The van der Waals surface area contributed by atoms with Gasteiger partial charge in [0.1, 0.15) is 0 Å². The third-order valence-electron chi connectivity index (χ3n) is 4.58. The van der Waals surface area contributed by atoms with Crippen molar-refractivity contribution in [1.29, 1.82) is 0 Å². The van der Waals surface area contributed by atoms with Gasteiger partial charge in [-0.05, 0) is 49.2 Å². The first-order valence-corrected chi connectivity index (χ1v) is 10.2. The Hall–Kier alpha value is -3.38. The van der Waals surface area contributed by atoms with E-state index >= 15 is 0 Å². The lowest BCUT2D eigenvalue weighted by molar-refractivity contribution is 0.0943. The molecule has 3 rings (SSSR count). The number of nitrogens with one attached hydrogen (secondary N) is 2. The Morgan fingerprint density at radius 1 is 1.00 bits per heavy atom. The van der Waals surface area contributed by atoms with Crippen LogP contribution in [0.1, 0.15) is 40.1 Å². The number of carbonyl (C=O) groups is 2. The van der Waals surface area contributed by atoms with Gasteiger partial charge in [0.2, 0.25) is 5.88 Å². The SMILES string of the molecule is COc1ccc(-c2ccc(CNC(=O)c3cc(C(=O)NC(C)C)ccc3Cl)cc2)cn1. The minimum Gasteiger partial charge on any atom is -0.481 e. The molecular formula is C24H24ClN3O3. The Bertz CT molecular complexity index is 1060. The number of pyridine rings is 1. The number of hydrogen-bond donors (Lipinski definition) is 2. The van der Waals surface area contributed by atoms with E-state index in [1.165, 1.54) is 6.07 Å². The molecule has 31 heavy (non-hydrogen) atoms. The van der Waals surface area contributed by atoms with Gasteiger partial charge in [-0.2, -0.15) is 0 Å². The van der Waals surface area contributed by atoms with Gasteiger partial charge in [-0.3, -0.25) is 9.59 Å². The standard InChI is InChI=1S/C24H24ClN3O3/c1-15(2)28-23(29)18-8-10-21(25)20(12-18)24(30)27-13-16-4-6-17(7-5-16)19-9-11-22(31-3)26-14-19/h4-12,14-15H,13H2,1-3H3,(H,27,30)(H,28,29). The summed E-state index contributed by atoms with van der Waals surface area (Å²) >= 11 is 6.19. The third kappa shape index (κ3) is 5.83. The number of halogens is 1. The van der Waals surface area contributed by atoms with Gasteiger partial charge in [0.25, 0.3) is 11.8 Å². The second-order valence-electron chi connectivity index (χ2n) is 7.29. The summed E-state index contributed by atoms with van der Waals surface area (Å²) in [6.07, 6.45) is 1.75. The maximum Gasteiger partial charge on any atom is 0.253 e. The molecule has 1 heterocycles. The summed E-state index contributed by atoms with van der Waals surface area (Å²) in [5.74, 6) is -0.0237. The highest BCUT2D eigenvalue weighted by Crippen LogP contribution is 2.21. The molecule has 2 amide bonds. The van der Waals surface area contributed by atoms with Crippen LogP contribution in [-0.2, 0) is 6.54 Å². The molecule has 0 saturated carbocycles. The van der Waals surface area contributed by atoms with Gasteiger partial charge in [0, 0.05) is 36.0 Å². The number of hydrogen-bond acceptors (Lipinski definition) is 4. The lowest BCUT2D eigenvalue weighted by atomic mass is 10.1. The zero-order chi connectivity index (χ0) is 22.4. The largest absolute Gasteiger partial charge is 0.481 e. The fraction of sp³-hybridized carbons (Fsp3) is 0.208. The molecule has 1 aromatic heterocycles. The quantitative estimate of drug-likeness (QED) is 0.571. The zero-order valence-electron chi connectivity index (χ0n) is 17.6. The second kappa shape index (κ2) is 10.1. The van der Waals surface area contributed by atoms with Crippen molar-refractivity contribution in [2.75, 3.05) is 7.11 Å². The lowest BCUT2D eigenvalue weighted by Crippen LogP contribution is -2.30. The molecule has 0 radical (unpaired) electrons. The third-order valence-corrected chi connectivity index (χ3v) is 4.91. The first kappa shape index (κ1) is 22.3. The number of carbonyl (C=O) groups excluding carboxylic acids is 2. The number of amides is 2. The fourth-order valence-corrected chi connectivity index (χ4v) is 3.15. The summed E-state index contributed by atoms with van der Waals surface area (Å²) in [7, 11) is 1.58. The van der Waals surface area contributed by atoms with Gasteiger partial charge >= 0.3 is 0 Å².